The van der Waals surface area contributed by atoms with E-state index in [1.54, 1.807) is 23.5 Å². The summed E-state index contributed by atoms with van der Waals surface area (Å²) in [4.78, 5) is 1.26. The summed E-state index contributed by atoms with van der Waals surface area (Å²) in [5.74, 6) is 0.749. The highest BCUT2D eigenvalue weighted by atomic mass is 35.5. The molecule has 0 aliphatic rings. The van der Waals surface area contributed by atoms with Crippen LogP contribution in [0.5, 0.6) is 11.5 Å². The van der Waals surface area contributed by atoms with Crippen molar-refractivity contribution in [1.29, 1.82) is 0 Å². The first kappa shape index (κ1) is 20.9. The van der Waals surface area contributed by atoms with E-state index < -0.39 is 0 Å². The lowest BCUT2D eigenvalue weighted by molar-refractivity contribution is 0.269. The van der Waals surface area contributed by atoms with E-state index in [0.717, 1.165) is 12.1 Å². The first-order valence-electron chi connectivity index (χ1n) is 8.82. The van der Waals surface area contributed by atoms with Crippen LogP contribution in [0.2, 0.25) is 10.0 Å². The van der Waals surface area contributed by atoms with Crippen LogP contribution in [0.3, 0.4) is 0 Å². The van der Waals surface area contributed by atoms with Crippen LogP contribution in [0.4, 0.5) is 4.39 Å². The van der Waals surface area contributed by atoms with Gasteiger partial charge in [-0.1, -0.05) is 35.3 Å². The summed E-state index contributed by atoms with van der Waals surface area (Å²) in [6, 6.07) is 12.0. The average Bonchev–Trinajstić information content (AvgIpc) is 3.17. The summed E-state index contributed by atoms with van der Waals surface area (Å²) >= 11 is 14.2. The zero-order valence-electron chi connectivity index (χ0n) is 15.3. The maximum atomic E-state index is 13.2. The number of benzene rings is 2. The Morgan fingerprint density at radius 1 is 0.964 bits per heavy atom. The summed E-state index contributed by atoms with van der Waals surface area (Å²) < 4.78 is 24.8. The fraction of sp³-hybridized carbons (Fsp3) is 0.238. The van der Waals surface area contributed by atoms with Gasteiger partial charge in [0.25, 0.3) is 0 Å². The number of halogens is 3. The average molecular weight is 440 g/mol. The molecular weight excluding hydrogens is 420 g/mol. The van der Waals surface area contributed by atoms with Gasteiger partial charge in [0.1, 0.15) is 12.4 Å². The second-order valence-electron chi connectivity index (χ2n) is 6.03. The molecule has 0 bridgehead atoms. The number of hydrogen-bond acceptors (Lipinski definition) is 4. The molecule has 0 saturated heterocycles. The van der Waals surface area contributed by atoms with Crippen molar-refractivity contribution >= 4 is 34.5 Å². The Morgan fingerprint density at radius 2 is 1.75 bits per heavy atom. The van der Waals surface area contributed by atoms with Crippen molar-refractivity contribution in [1.82, 2.24) is 5.32 Å². The van der Waals surface area contributed by atoms with Gasteiger partial charge in [-0.05, 0) is 42.1 Å². The minimum absolute atomic E-state index is 0.186. The Morgan fingerprint density at radius 3 is 2.46 bits per heavy atom. The smallest absolute Gasteiger partial charge is 0.163 e. The fourth-order valence-electron chi connectivity index (χ4n) is 2.62. The lowest BCUT2D eigenvalue weighted by Gasteiger charge is -2.16. The maximum absolute atomic E-state index is 13.2. The molecule has 1 aromatic heterocycles. The third-order valence-corrected chi connectivity index (χ3v) is 5.59. The van der Waals surface area contributed by atoms with Crippen molar-refractivity contribution in [3.05, 3.63) is 79.7 Å². The molecule has 1 heterocycles. The van der Waals surface area contributed by atoms with Crippen LogP contribution in [0, 0.1) is 5.82 Å². The molecule has 1 N–H and O–H groups in total. The van der Waals surface area contributed by atoms with E-state index in [4.69, 9.17) is 32.7 Å². The largest absolute Gasteiger partial charge is 0.490 e. The van der Waals surface area contributed by atoms with Crippen molar-refractivity contribution in [2.75, 3.05) is 6.61 Å². The topological polar surface area (TPSA) is 30.5 Å². The third kappa shape index (κ3) is 5.61. The molecule has 3 nitrogen and oxygen atoms in total. The molecule has 0 aliphatic carbocycles. The highest BCUT2D eigenvalue weighted by Gasteiger charge is 2.12. The van der Waals surface area contributed by atoms with E-state index in [1.807, 2.05) is 19.1 Å². The molecule has 3 rings (SSSR count). The van der Waals surface area contributed by atoms with Crippen LogP contribution in [0.15, 0.2) is 47.8 Å². The van der Waals surface area contributed by atoms with E-state index in [0.29, 0.717) is 40.3 Å². The number of thiophene rings is 1. The molecule has 7 heteroatoms. The van der Waals surface area contributed by atoms with Crippen molar-refractivity contribution < 1.29 is 13.9 Å². The van der Waals surface area contributed by atoms with E-state index in [1.165, 1.54) is 17.0 Å². The Balaban J connectivity index is 1.70. The number of nitrogens with one attached hydrogen (secondary N) is 1. The summed E-state index contributed by atoms with van der Waals surface area (Å²) in [6.45, 7) is 3.98. The summed E-state index contributed by atoms with van der Waals surface area (Å²) in [5.41, 5.74) is 1.61. The second kappa shape index (κ2) is 10.1. The minimum Gasteiger partial charge on any atom is -0.490 e. The Kier molecular flexibility index (Phi) is 7.57. The van der Waals surface area contributed by atoms with Gasteiger partial charge in [-0.15, -0.1) is 11.3 Å². The van der Waals surface area contributed by atoms with Crippen LogP contribution in [-0.2, 0) is 19.7 Å². The molecular formula is C21H20Cl2FNO2S. The Labute approximate surface area is 178 Å². The normalized spacial score (nSPS) is 10.9. The van der Waals surface area contributed by atoms with Gasteiger partial charge >= 0.3 is 0 Å². The van der Waals surface area contributed by atoms with Gasteiger partial charge in [-0.25, -0.2) is 4.39 Å². The molecule has 0 fully saturated rings. The van der Waals surface area contributed by atoms with Crippen molar-refractivity contribution in [3.8, 4) is 11.5 Å². The van der Waals surface area contributed by atoms with Gasteiger partial charge in [0.15, 0.2) is 11.5 Å². The van der Waals surface area contributed by atoms with E-state index in [-0.39, 0.29) is 12.4 Å². The number of ether oxygens (including phenoxy) is 2. The molecule has 0 spiro atoms. The van der Waals surface area contributed by atoms with Gasteiger partial charge < -0.3 is 14.8 Å². The Bertz CT molecular complexity index is 919. The monoisotopic (exact) mass is 439 g/mol. The van der Waals surface area contributed by atoms with Crippen molar-refractivity contribution in [2.45, 2.75) is 26.6 Å². The predicted octanol–water partition coefficient (Wildman–Crippen LogP) is 6.46. The van der Waals surface area contributed by atoms with Gasteiger partial charge in [0.05, 0.1) is 11.6 Å². The van der Waals surface area contributed by atoms with E-state index in [9.17, 15) is 4.39 Å². The molecule has 0 aliphatic heterocycles. The van der Waals surface area contributed by atoms with Crippen LogP contribution >= 0.6 is 34.5 Å². The molecule has 0 amide bonds. The van der Waals surface area contributed by atoms with Crippen molar-refractivity contribution in [3.63, 3.8) is 0 Å². The summed E-state index contributed by atoms with van der Waals surface area (Å²) in [6.07, 6.45) is 0. The standard InChI is InChI=1S/C21H20Cl2FNO2S/c1-2-26-20-8-15(11-25-12-17-4-3-7-28-17)19(23)10-21(20)27-13-14-5-6-16(24)9-18(14)22/h3-10,25H,2,11-13H2,1H3. The van der Waals surface area contributed by atoms with E-state index in [2.05, 4.69) is 16.8 Å². The second-order valence-corrected chi connectivity index (χ2v) is 7.88. The molecule has 2 aromatic carbocycles. The van der Waals surface area contributed by atoms with Gasteiger partial charge in [0, 0.05) is 34.6 Å². The zero-order chi connectivity index (χ0) is 19.9. The molecule has 28 heavy (non-hydrogen) atoms. The van der Waals surface area contributed by atoms with Crippen LogP contribution in [0.25, 0.3) is 0 Å². The molecule has 3 aromatic rings. The lowest BCUT2D eigenvalue weighted by atomic mass is 10.2. The summed E-state index contributed by atoms with van der Waals surface area (Å²) in [5, 5.41) is 6.34. The Hall–Kier alpha value is -1.79. The summed E-state index contributed by atoms with van der Waals surface area (Å²) in [7, 11) is 0. The molecule has 0 radical (unpaired) electrons. The SMILES string of the molecule is CCOc1cc(CNCc2cccs2)c(Cl)cc1OCc1ccc(F)cc1Cl. The highest BCUT2D eigenvalue weighted by Crippen LogP contribution is 2.34. The van der Waals surface area contributed by atoms with Gasteiger partial charge in [-0.2, -0.15) is 0 Å². The first-order valence-corrected chi connectivity index (χ1v) is 10.5. The van der Waals surface area contributed by atoms with Crippen LogP contribution in [0.1, 0.15) is 22.9 Å². The van der Waals surface area contributed by atoms with Crippen LogP contribution < -0.4 is 14.8 Å². The van der Waals surface area contributed by atoms with Gasteiger partial charge in [0.2, 0.25) is 0 Å². The lowest BCUT2D eigenvalue weighted by Crippen LogP contribution is -2.12. The van der Waals surface area contributed by atoms with Crippen LogP contribution in [-0.4, -0.2) is 6.61 Å². The third-order valence-electron chi connectivity index (χ3n) is 4.01. The number of hydrogen-bond donors (Lipinski definition) is 1. The minimum atomic E-state index is -0.383. The maximum Gasteiger partial charge on any atom is 0.163 e. The predicted molar refractivity (Wildman–Crippen MR) is 113 cm³/mol. The molecule has 0 unspecified atom stereocenters. The first-order chi connectivity index (χ1) is 13.6. The fourth-order valence-corrected chi connectivity index (χ4v) is 3.74. The van der Waals surface area contributed by atoms with Crippen molar-refractivity contribution in [2.24, 2.45) is 0 Å². The zero-order valence-corrected chi connectivity index (χ0v) is 17.6. The molecule has 148 valence electrons. The molecule has 0 saturated carbocycles. The highest BCUT2D eigenvalue weighted by molar-refractivity contribution is 7.09. The van der Waals surface area contributed by atoms with Gasteiger partial charge in [-0.3, -0.25) is 0 Å². The number of rotatable bonds is 9. The van der Waals surface area contributed by atoms with E-state index >= 15 is 0 Å². The molecule has 0 atom stereocenters. The quantitative estimate of drug-likeness (QED) is 0.414.